The lowest BCUT2D eigenvalue weighted by molar-refractivity contribution is -1.08. The number of quaternary nitrogens is 1. The van der Waals surface area contributed by atoms with Gasteiger partial charge in [0.25, 0.3) is 0 Å². The molecule has 0 radical (unpaired) electrons. The second kappa shape index (κ2) is 2.67. The van der Waals surface area contributed by atoms with Crippen molar-refractivity contribution < 1.29 is 9.48 Å². The van der Waals surface area contributed by atoms with E-state index in [1.165, 1.54) is 25.8 Å². The Bertz CT molecular complexity index is 80.9. The maximum absolute atomic E-state index is 5.53. The van der Waals surface area contributed by atoms with Crippen LogP contribution in [0.1, 0.15) is 19.3 Å². The highest BCUT2D eigenvalue weighted by Gasteiger charge is 2.18. The molecule has 1 rings (SSSR count). The van der Waals surface area contributed by atoms with Gasteiger partial charge < -0.3 is 0 Å². The summed E-state index contributed by atoms with van der Waals surface area (Å²) in [7, 11) is 4.23. The fourth-order valence-electron chi connectivity index (χ4n) is 1.15. The smallest absolute Gasteiger partial charge is 0.108 e. The molecule has 0 saturated carbocycles. The third kappa shape index (κ3) is 2.33. The number of hydrogen-bond acceptors (Lipinski definition) is 1. The summed E-state index contributed by atoms with van der Waals surface area (Å²) in [5.41, 5.74) is 0. The molecule has 0 aliphatic carbocycles. The largest absolute Gasteiger partial charge is 0.203 e. The van der Waals surface area contributed by atoms with Gasteiger partial charge in [0.05, 0.1) is 14.1 Å². The summed E-state index contributed by atoms with van der Waals surface area (Å²) in [6.45, 7) is 2.10. The van der Waals surface area contributed by atoms with Gasteiger partial charge in [0.15, 0.2) is 0 Å². The predicted molar refractivity (Wildman–Crippen MR) is 36.8 cm³/mol. The van der Waals surface area contributed by atoms with E-state index in [1.807, 2.05) is 0 Å². The van der Waals surface area contributed by atoms with E-state index in [1.54, 1.807) is 0 Å². The molecule has 0 aromatic heterocycles. The molecule has 0 atom stereocenters. The fraction of sp³-hybridized carbons (Fsp3) is 1.00. The van der Waals surface area contributed by atoms with Crippen molar-refractivity contribution in [1.29, 1.82) is 0 Å². The second-order valence-corrected chi connectivity index (χ2v) is 3.19. The van der Waals surface area contributed by atoms with Crippen LogP contribution < -0.4 is 0 Å². The van der Waals surface area contributed by atoms with Crippen LogP contribution in [-0.2, 0) is 4.84 Å². The third-order valence-corrected chi connectivity index (χ3v) is 1.78. The Morgan fingerprint density at radius 3 is 2.67 bits per heavy atom. The minimum absolute atomic E-state index is 0.750. The highest BCUT2D eigenvalue weighted by Crippen LogP contribution is 2.10. The van der Waals surface area contributed by atoms with Crippen molar-refractivity contribution in [2.45, 2.75) is 19.3 Å². The lowest BCUT2D eigenvalue weighted by Gasteiger charge is -2.24. The Morgan fingerprint density at radius 1 is 1.11 bits per heavy atom. The monoisotopic (exact) mass is 130 g/mol. The average Bonchev–Trinajstić information content (AvgIpc) is 1.92. The van der Waals surface area contributed by atoms with Crippen LogP contribution in [0.4, 0.5) is 0 Å². The number of nitrogens with zero attached hydrogens (tertiary/aromatic N) is 1. The predicted octanol–water partition coefficient (Wildman–Crippen LogP) is 1.18. The summed E-state index contributed by atoms with van der Waals surface area (Å²) in [4.78, 5) is 5.53. The number of hydrogen-bond donors (Lipinski definition) is 0. The van der Waals surface area contributed by atoms with Crippen LogP contribution in [0.2, 0.25) is 0 Å². The summed E-state index contributed by atoms with van der Waals surface area (Å²) < 4.78 is 0.750. The van der Waals surface area contributed by atoms with E-state index in [2.05, 4.69) is 14.1 Å². The van der Waals surface area contributed by atoms with Crippen LogP contribution in [0, 0.1) is 0 Å². The van der Waals surface area contributed by atoms with Gasteiger partial charge in [-0.15, -0.1) is 0 Å². The first-order valence-electron chi connectivity index (χ1n) is 3.68. The quantitative estimate of drug-likeness (QED) is 0.447. The third-order valence-electron chi connectivity index (χ3n) is 1.78. The van der Waals surface area contributed by atoms with Gasteiger partial charge in [-0.3, -0.25) is 0 Å². The van der Waals surface area contributed by atoms with Gasteiger partial charge in [0.2, 0.25) is 0 Å². The summed E-state index contributed by atoms with van der Waals surface area (Å²) in [6.07, 6.45) is 3.89. The normalized spacial score (nSPS) is 27.3. The average molecular weight is 130 g/mol. The summed E-state index contributed by atoms with van der Waals surface area (Å²) in [6, 6.07) is 0. The Labute approximate surface area is 57.0 Å². The van der Waals surface area contributed by atoms with Gasteiger partial charge >= 0.3 is 0 Å². The molecule has 0 aromatic rings. The SMILES string of the molecule is C[N+]1(C)CCCCCO1. The van der Waals surface area contributed by atoms with Crippen molar-refractivity contribution >= 4 is 0 Å². The van der Waals surface area contributed by atoms with Crippen molar-refractivity contribution in [3.63, 3.8) is 0 Å². The zero-order valence-corrected chi connectivity index (χ0v) is 6.39. The van der Waals surface area contributed by atoms with Crippen molar-refractivity contribution in [2.75, 3.05) is 27.2 Å². The van der Waals surface area contributed by atoms with Crippen LogP contribution in [0.3, 0.4) is 0 Å². The topological polar surface area (TPSA) is 9.23 Å². The molecule has 2 heteroatoms. The van der Waals surface area contributed by atoms with Crippen molar-refractivity contribution in [1.82, 2.24) is 0 Å². The Balaban J connectivity index is 2.36. The Morgan fingerprint density at radius 2 is 1.89 bits per heavy atom. The molecule has 0 unspecified atom stereocenters. The standard InChI is InChI=1S/C7H16NO/c1-8(2)6-4-3-5-7-9-8/h3-7H2,1-2H3/q+1. The van der Waals surface area contributed by atoms with Crippen molar-refractivity contribution in [3.8, 4) is 0 Å². The number of rotatable bonds is 0. The minimum Gasteiger partial charge on any atom is -0.203 e. The zero-order valence-electron chi connectivity index (χ0n) is 6.39. The van der Waals surface area contributed by atoms with Crippen LogP contribution in [-0.4, -0.2) is 31.9 Å². The second-order valence-electron chi connectivity index (χ2n) is 3.19. The van der Waals surface area contributed by atoms with E-state index in [-0.39, 0.29) is 0 Å². The molecule has 0 N–H and O–H groups in total. The lowest BCUT2D eigenvalue weighted by atomic mass is 10.2. The fourth-order valence-corrected chi connectivity index (χ4v) is 1.15. The highest BCUT2D eigenvalue weighted by molar-refractivity contribution is 4.41. The number of hydroxylamine groups is 3. The molecule has 0 spiro atoms. The molecule has 1 aliphatic heterocycles. The molecule has 0 aromatic carbocycles. The van der Waals surface area contributed by atoms with E-state index in [0.717, 1.165) is 11.3 Å². The van der Waals surface area contributed by atoms with E-state index in [9.17, 15) is 0 Å². The van der Waals surface area contributed by atoms with Crippen molar-refractivity contribution in [2.24, 2.45) is 0 Å². The first-order valence-corrected chi connectivity index (χ1v) is 3.68. The van der Waals surface area contributed by atoms with E-state index in [4.69, 9.17) is 4.84 Å². The van der Waals surface area contributed by atoms with Gasteiger partial charge in [-0.05, 0) is 19.3 Å². The Hall–Kier alpha value is -0.0800. The highest BCUT2D eigenvalue weighted by atomic mass is 16.7. The molecule has 1 aliphatic rings. The summed E-state index contributed by atoms with van der Waals surface area (Å²) in [5.74, 6) is 0. The van der Waals surface area contributed by atoms with Gasteiger partial charge in [0, 0.05) is 0 Å². The maximum Gasteiger partial charge on any atom is 0.108 e. The minimum atomic E-state index is 0.750. The molecule has 1 fully saturated rings. The van der Waals surface area contributed by atoms with Crippen LogP contribution in [0.25, 0.3) is 0 Å². The zero-order chi connectivity index (χ0) is 6.74. The maximum atomic E-state index is 5.53. The van der Waals surface area contributed by atoms with Crippen LogP contribution >= 0.6 is 0 Å². The first-order chi connectivity index (χ1) is 4.21. The van der Waals surface area contributed by atoms with E-state index in [0.29, 0.717) is 0 Å². The van der Waals surface area contributed by atoms with Gasteiger partial charge in [-0.2, -0.15) is 4.65 Å². The van der Waals surface area contributed by atoms with E-state index < -0.39 is 0 Å². The molecular formula is C7H16NO+. The molecule has 1 heterocycles. The molecule has 0 bridgehead atoms. The molecule has 2 nitrogen and oxygen atoms in total. The van der Waals surface area contributed by atoms with E-state index >= 15 is 0 Å². The molecular weight excluding hydrogens is 114 g/mol. The van der Waals surface area contributed by atoms with Crippen LogP contribution in [0.5, 0.6) is 0 Å². The van der Waals surface area contributed by atoms with Crippen molar-refractivity contribution in [3.05, 3.63) is 0 Å². The molecule has 54 valence electrons. The van der Waals surface area contributed by atoms with Gasteiger partial charge in [-0.25, -0.2) is 4.84 Å². The first kappa shape index (κ1) is 7.03. The Kier molecular flexibility index (Phi) is 2.09. The van der Waals surface area contributed by atoms with Gasteiger partial charge in [-0.1, -0.05) is 0 Å². The summed E-state index contributed by atoms with van der Waals surface area (Å²) >= 11 is 0. The molecule has 0 amide bonds. The van der Waals surface area contributed by atoms with Crippen LogP contribution in [0.15, 0.2) is 0 Å². The lowest BCUT2D eigenvalue weighted by Crippen LogP contribution is -2.39. The summed E-state index contributed by atoms with van der Waals surface area (Å²) in [5, 5.41) is 0. The van der Waals surface area contributed by atoms with Gasteiger partial charge in [0.1, 0.15) is 13.2 Å². The molecule has 9 heavy (non-hydrogen) atoms. The molecule has 1 saturated heterocycles.